The standard InChI is InChI=1S/C7H3F3O2/c8-4-1-5(9)3-6(2-4)12-7(10)11/h1-3H. The molecule has 0 aliphatic carbocycles. The third-order valence-electron chi connectivity index (χ3n) is 1.03. The topological polar surface area (TPSA) is 26.3 Å². The Balaban J connectivity index is 2.93. The zero-order valence-corrected chi connectivity index (χ0v) is 5.68. The predicted molar refractivity (Wildman–Crippen MR) is 33.5 cm³/mol. The summed E-state index contributed by atoms with van der Waals surface area (Å²) in [4.78, 5) is 9.70. The van der Waals surface area contributed by atoms with Crippen molar-refractivity contribution in [3.63, 3.8) is 0 Å². The van der Waals surface area contributed by atoms with Crippen LogP contribution in [-0.2, 0) is 0 Å². The molecular formula is C7H3F3O2. The molecule has 64 valence electrons. The molecule has 0 unspecified atom stereocenters. The van der Waals surface area contributed by atoms with Gasteiger partial charge in [-0.1, -0.05) is 0 Å². The molecule has 1 rings (SSSR count). The third kappa shape index (κ3) is 2.26. The minimum Gasteiger partial charge on any atom is -0.401 e. The van der Waals surface area contributed by atoms with Crippen LogP contribution in [0.3, 0.4) is 0 Å². The van der Waals surface area contributed by atoms with Gasteiger partial charge in [-0.25, -0.2) is 13.6 Å². The molecule has 0 N–H and O–H groups in total. The van der Waals surface area contributed by atoms with E-state index in [0.29, 0.717) is 18.2 Å². The third-order valence-corrected chi connectivity index (χ3v) is 1.03. The molecule has 0 amide bonds. The first kappa shape index (κ1) is 8.58. The summed E-state index contributed by atoms with van der Waals surface area (Å²) in [6, 6.07) is 1.97. The smallest absolute Gasteiger partial charge is 0.401 e. The van der Waals surface area contributed by atoms with Gasteiger partial charge in [-0.15, -0.1) is 4.39 Å². The van der Waals surface area contributed by atoms with Crippen LogP contribution in [0.5, 0.6) is 5.75 Å². The molecule has 1 aromatic rings. The zero-order valence-electron chi connectivity index (χ0n) is 5.68. The van der Waals surface area contributed by atoms with Crippen LogP contribution in [0.4, 0.5) is 18.0 Å². The number of benzene rings is 1. The summed E-state index contributed by atoms with van der Waals surface area (Å²) in [5.74, 6) is -2.38. The first-order valence-electron chi connectivity index (χ1n) is 2.91. The Morgan fingerprint density at radius 2 is 1.67 bits per heavy atom. The van der Waals surface area contributed by atoms with Gasteiger partial charge in [0.05, 0.1) is 0 Å². The second-order valence-corrected chi connectivity index (χ2v) is 1.94. The van der Waals surface area contributed by atoms with Crippen molar-refractivity contribution in [2.45, 2.75) is 0 Å². The van der Waals surface area contributed by atoms with Crippen LogP contribution in [0.25, 0.3) is 0 Å². The summed E-state index contributed by atoms with van der Waals surface area (Å²) in [7, 11) is 0. The van der Waals surface area contributed by atoms with E-state index >= 15 is 0 Å². The lowest BCUT2D eigenvalue weighted by atomic mass is 10.3. The van der Waals surface area contributed by atoms with Gasteiger partial charge in [0.1, 0.15) is 17.4 Å². The molecule has 2 nitrogen and oxygen atoms in total. The van der Waals surface area contributed by atoms with Gasteiger partial charge in [0.25, 0.3) is 0 Å². The lowest BCUT2D eigenvalue weighted by molar-refractivity contribution is 0.175. The fourth-order valence-electron chi connectivity index (χ4n) is 0.680. The summed E-state index contributed by atoms with van der Waals surface area (Å²) >= 11 is 0. The van der Waals surface area contributed by atoms with E-state index in [0.717, 1.165) is 0 Å². The molecule has 0 radical (unpaired) electrons. The van der Waals surface area contributed by atoms with Gasteiger partial charge in [-0.05, 0) is 0 Å². The van der Waals surface area contributed by atoms with Gasteiger partial charge >= 0.3 is 6.22 Å². The summed E-state index contributed by atoms with van der Waals surface area (Å²) in [6.45, 7) is 0. The van der Waals surface area contributed by atoms with E-state index in [9.17, 15) is 18.0 Å². The molecule has 0 bridgehead atoms. The average Bonchev–Trinajstić information content (AvgIpc) is 1.81. The van der Waals surface area contributed by atoms with E-state index in [1.54, 1.807) is 0 Å². The fraction of sp³-hybridized carbons (Fsp3) is 0. The molecule has 5 heteroatoms. The minimum absolute atomic E-state index is 0.500. The monoisotopic (exact) mass is 176 g/mol. The van der Waals surface area contributed by atoms with Crippen LogP contribution in [0.1, 0.15) is 0 Å². The molecule has 0 aromatic heterocycles. The van der Waals surface area contributed by atoms with E-state index < -0.39 is 23.6 Å². The Bertz CT molecular complexity index is 291. The average molecular weight is 176 g/mol. The lowest BCUT2D eigenvalue weighted by Crippen LogP contribution is -1.98. The Hall–Kier alpha value is -1.52. The van der Waals surface area contributed by atoms with Crippen LogP contribution in [-0.4, -0.2) is 6.22 Å². The number of hydrogen-bond donors (Lipinski definition) is 0. The predicted octanol–water partition coefficient (Wildman–Crippen LogP) is 2.43. The first-order chi connectivity index (χ1) is 5.58. The van der Waals surface area contributed by atoms with Crippen molar-refractivity contribution in [3.05, 3.63) is 29.8 Å². The summed E-state index contributed by atoms with van der Waals surface area (Å²) in [6.07, 6.45) is -2.11. The number of rotatable bonds is 1. The van der Waals surface area contributed by atoms with Crippen LogP contribution in [0, 0.1) is 11.6 Å². The largest absolute Gasteiger partial charge is 0.500 e. The molecule has 0 spiro atoms. The van der Waals surface area contributed by atoms with Crippen molar-refractivity contribution in [2.75, 3.05) is 0 Å². The van der Waals surface area contributed by atoms with Gasteiger partial charge in [0.2, 0.25) is 0 Å². The SMILES string of the molecule is O=C(F)Oc1cc(F)cc(F)c1. The van der Waals surface area contributed by atoms with Crippen LogP contribution >= 0.6 is 0 Å². The maximum Gasteiger partial charge on any atom is 0.500 e. The van der Waals surface area contributed by atoms with E-state index in [-0.39, 0.29) is 0 Å². The highest BCUT2D eigenvalue weighted by Crippen LogP contribution is 2.15. The van der Waals surface area contributed by atoms with E-state index in [2.05, 4.69) is 4.74 Å². The van der Waals surface area contributed by atoms with Crippen molar-refractivity contribution in [2.24, 2.45) is 0 Å². The van der Waals surface area contributed by atoms with Crippen molar-refractivity contribution < 1.29 is 22.7 Å². The number of halogens is 3. The van der Waals surface area contributed by atoms with Crippen molar-refractivity contribution in [3.8, 4) is 5.75 Å². The lowest BCUT2D eigenvalue weighted by Gasteiger charge is -1.98. The molecule has 0 atom stereocenters. The molecule has 1 aromatic carbocycles. The number of hydrogen-bond acceptors (Lipinski definition) is 2. The van der Waals surface area contributed by atoms with Gasteiger partial charge in [-0.2, -0.15) is 0 Å². The fourth-order valence-corrected chi connectivity index (χ4v) is 0.680. The van der Waals surface area contributed by atoms with E-state index in [1.807, 2.05) is 0 Å². The Morgan fingerprint density at radius 1 is 1.17 bits per heavy atom. The summed E-state index contributed by atoms with van der Waals surface area (Å²) in [5.41, 5.74) is 0. The molecule has 12 heavy (non-hydrogen) atoms. The van der Waals surface area contributed by atoms with Gasteiger partial charge < -0.3 is 4.74 Å². The van der Waals surface area contributed by atoms with Crippen LogP contribution < -0.4 is 4.74 Å². The molecule has 0 aliphatic heterocycles. The molecule has 0 aliphatic rings. The number of carbonyl (C=O) groups excluding carboxylic acids is 1. The van der Waals surface area contributed by atoms with Crippen molar-refractivity contribution in [1.29, 1.82) is 0 Å². The molecule has 0 saturated heterocycles. The van der Waals surface area contributed by atoms with Crippen molar-refractivity contribution in [1.82, 2.24) is 0 Å². The van der Waals surface area contributed by atoms with E-state index in [4.69, 9.17) is 0 Å². The Morgan fingerprint density at radius 3 is 2.08 bits per heavy atom. The minimum atomic E-state index is -2.11. The van der Waals surface area contributed by atoms with Crippen LogP contribution in [0.15, 0.2) is 18.2 Å². The molecule has 0 fully saturated rings. The van der Waals surface area contributed by atoms with E-state index in [1.165, 1.54) is 0 Å². The Kier molecular flexibility index (Phi) is 2.32. The number of carbonyl (C=O) groups is 1. The molecule has 0 saturated carbocycles. The summed E-state index contributed by atoms with van der Waals surface area (Å²) in [5, 5.41) is 0. The quantitative estimate of drug-likeness (QED) is 0.614. The Labute approximate surface area is 65.6 Å². The number of ether oxygens (including phenoxy) is 1. The van der Waals surface area contributed by atoms with Crippen molar-refractivity contribution >= 4 is 6.22 Å². The highest BCUT2D eigenvalue weighted by atomic mass is 19.1. The van der Waals surface area contributed by atoms with Crippen LogP contribution in [0.2, 0.25) is 0 Å². The first-order valence-corrected chi connectivity index (χ1v) is 2.91. The maximum atomic E-state index is 12.3. The zero-order chi connectivity index (χ0) is 9.14. The maximum absolute atomic E-state index is 12.3. The van der Waals surface area contributed by atoms with Gasteiger partial charge in [0.15, 0.2) is 0 Å². The molecule has 0 heterocycles. The van der Waals surface area contributed by atoms with Gasteiger partial charge in [-0.3, -0.25) is 0 Å². The highest BCUT2D eigenvalue weighted by Gasteiger charge is 2.05. The molecular weight excluding hydrogens is 173 g/mol. The second kappa shape index (κ2) is 3.25. The van der Waals surface area contributed by atoms with Gasteiger partial charge in [0, 0.05) is 18.2 Å². The summed E-state index contributed by atoms with van der Waals surface area (Å²) < 4.78 is 40.0. The highest BCUT2D eigenvalue weighted by molar-refractivity contribution is 5.62. The normalized spacial score (nSPS) is 9.58. The second-order valence-electron chi connectivity index (χ2n) is 1.94.